The second kappa shape index (κ2) is 8.42. The molecular weight excluding hydrogens is 385 g/mol. The molecule has 2 aromatic rings. The summed E-state index contributed by atoms with van der Waals surface area (Å²) in [5.74, 6) is 4.79. The first-order valence-corrected chi connectivity index (χ1v) is 8.00. The van der Waals surface area contributed by atoms with Gasteiger partial charge in [-0.3, -0.25) is 5.01 Å². The van der Waals surface area contributed by atoms with E-state index in [0.29, 0.717) is 10.6 Å². The number of nitrogens with two attached hydrogens (primary N) is 1. The van der Waals surface area contributed by atoms with Crippen LogP contribution in [0, 0.1) is 6.92 Å². The Morgan fingerprint density at radius 1 is 1.25 bits per heavy atom. The average Bonchev–Trinajstić information content (AvgIpc) is 2.60. The van der Waals surface area contributed by atoms with E-state index in [1.807, 2.05) is 0 Å². The summed E-state index contributed by atoms with van der Waals surface area (Å²) in [5, 5.41) is 3.02. The van der Waals surface area contributed by atoms with Crippen molar-refractivity contribution in [1.82, 2.24) is 5.01 Å². The Labute approximate surface area is 157 Å². The molecule has 0 radical (unpaired) electrons. The summed E-state index contributed by atoms with van der Waals surface area (Å²) in [6.07, 6.45) is -7.60. The van der Waals surface area contributed by atoms with Crippen molar-refractivity contribution in [3.05, 3.63) is 58.7 Å². The molecule has 0 fully saturated rings. The number of amides is 2. The molecule has 2 amide bonds. The molecule has 10 heteroatoms. The first-order valence-electron chi connectivity index (χ1n) is 8.00. The molecule has 0 saturated heterocycles. The van der Waals surface area contributed by atoms with Crippen LogP contribution in [0.25, 0.3) is 0 Å². The van der Waals surface area contributed by atoms with Crippen molar-refractivity contribution in [2.45, 2.75) is 26.1 Å². The van der Waals surface area contributed by atoms with Crippen molar-refractivity contribution in [1.29, 1.82) is 0 Å². The number of alkyl halides is 5. The number of hydrazine groups is 1. The first kappa shape index (κ1) is 21.4. The van der Waals surface area contributed by atoms with Gasteiger partial charge < -0.3 is 10.1 Å². The summed E-state index contributed by atoms with van der Waals surface area (Å²) < 4.78 is 71.6. The number of aryl methyl sites for hydroxylation is 1. The maximum atomic E-state index is 13.4. The maximum Gasteiger partial charge on any atom is 0.419 e. The molecule has 0 aliphatic rings. The van der Waals surface area contributed by atoms with Gasteiger partial charge in [-0.1, -0.05) is 23.8 Å². The third-order valence-corrected chi connectivity index (χ3v) is 3.82. The van der Waals surface area contributed by atoms with Crippen molar-refractivity contribution in [2.75, 3.05) is 12.4 Å². The molecule has 0 saturated carbocycles. The summed E-state index contributed by atoms with van der Waals surface area (Å²) >= 11 is 0. The lowest BCUT2D eigenvalue weighted by molar-refractivity contribution is -0.139. The van der Waals surface area contributed by atoms with Crippen molar-refractivity contribution in [3.8, 4) is 5.75 Å². The number of urea groups is 1. The summed E-state index contributed by atoms with van der Waals surface area (Å²) in [7, 11) is 1.24. The van der Waals surface area contributed by atoms with Crippen LogP contribution in [-0.2, 0) is 12.8 Å². The fraction of sp³-hybridized carbons (Fsp3) is 0.278. The zero-order chi connectivity index (χ0) is 21.1. The molecule has 0 heterocycles. The Morgan fingerprint density at radius 2 is 1.93 bits per heavy atom. The Kier molecular flexibility index (Phi) is 6.45. The summed E-state index contributed by atoms with van der Waals surface area (Å²) in [4.78, 5) is 11.8. The van der Waals surface area contributed by atoms with Gasteiger partial charge in [0.05, 0.1) is 5.56 Å². The third kappa shape index (κ3) is 5.10. The van der Waals surface area contributed by atoms with Crippen LogP contribution in [0.5, 0.6) is 5.75 Å². The number of rotatable bonds is 5. The van der Waals surface area contributed by atoms with E-state index >= 15 is 0 Å². The summed E-state index contributed by atoms with van der Waals surface area (Å²) in [5.41, 5.74) is -1.32. The number of halogens is 5. The topological polar surface area (TPSA) is 67.6 Å². The zero-order valence-corrected chi connectivity index (χ0v) is 15.0. The lowest BCUT2D eigenvalue weighted by atomic mass is 10.1. The van der Waals surface area contributed by atoms with E-state index in [1.54, 1.807) is 0 Å². The Morgan fingerprint density at radius 3 is 2.50 bits per heavy atom. The van der Waals surface area contributed by atoms with E-state index in [-0.39, 0.29) is 11.3 Å². The van der Waals surface area contributed by atoms with Crippen LogP contribution < -0.4 is 15.9 Å². The quantitative estimate of drug-likeness (QED) is 0.324. The highest BCUT2D eigenvalue weighted by molar-refractivity contribution is 5.89. The molecule has 28 heavy (non-hydrogen) atoms. The molecule has 0 aromatic heterocycles. The number of carbonyl (C=O) groups excluding carboxylic acids is 1. The number of benzene rings is 2. The minimum atomic E-state index is -4.68. The van der Waals surface area contributed by atoms with E-state index in [4.69, 9.17) is 10.6 Å². The molecule has 0 aliphatic carbocycles. The molecule has 0 spiro atoms. The van der Waals surface area contributed by atoms with E-state index in [0.717, 1.165) is 18.2 Å². The SMILES string of the molecule is Cc1ccc(OCc2c(NC(=O)N(C)N)cccc2C(F)F)c(C(F)(F)F)c1. The fourth-order valence-electron chi connectivity index (χ4n) is 2.43. The standard InChI is InChI=1S/C18H18F5N3O2/c1-10-6-7-15(13(8-10)18(21,22)23)28-9-12-11(16(19)20)4-3-5-14(12)25-17(27)26(2)24/h3-8,16H,9,24H2,1-2H3,(H,25,27). The third-order valence-electron chi connectivity index (χ3n) is 3.82. The lowest BCUT2D eigenvalue weighted by Gasteiger charge is -2.19. The molecule has 3 N–H and O–H groups in total. The molecule has 0 aliphatic heterocycles. The highest BCUT2D eigenvalue weighted by atomic mass is 19.4. The van der Waals surface area contributed by atoms with Crippen LogP contribution in [0.4, 0.5) is 32.4 Å². The molecule has 2 aromatic carbocycles. The van der Waals surface area contributed by atoms with E-state index < -0.39 is 42.1 Å². The monoisotopic (exact) mass is 403 g/mol. The van der Waals surface area contributed by atoms with Crippen molar-refractivity contribution < 1.29 is 31.5 Å². The number of ether oxygens (including phenoxy) is 1. The van der Waals surface area contributed by atoms with Crippen LogP contribution in [0.1, 0.15) is 28.7 Å². The predicted molar refractivity (Wildman–Crippen MR) is 92.9 cm³/mol. The maximum absolute atomic E-state index is 13.4. The van der Waals surface area contributed by atoms with Gasteiger partial charge >= 0.3 is 12.2 Å². The number of carbonyl (C=O) groups is 1. The Hall–Kier alpha value is -2.88. The van der Waals surface area contributed by atoms with Gasteiger partial charge in [-0.05, 0) is 25.1 Å². The molecule has 2 rings (SSSR count). The number of anilines is 1. The Bertz CT molecular complexity index is 854. The number of nitrogens with one attached hydrogen (secondary N) is 1. The van der Waals surface area contributed by atoms with Crippen LogP contribution in [-0.4, -0.2) is 18.1 Å². The van der Waals surface area contributed by atoms with E-state index in [1.165, 1.54) is 32.2 Å². The molecular formula is C18H18F5N3O2. The van der Waals surface area contributed by atoms with Gasteiger partial charge in [0.2, 0.25) is 0 Å². The number of nitrogens with zero attached hydrogens (tertiary/aromatic N) is 1. The van der Waals surface area contributed by atoms with Crippen LogP contribution >= 0.6 is 0 Å². The van der Waals surface area contributed by atoms with Gasteiger partial charge in [0, 0.05) is 23.9 Å². The highest BCUT2D eigenvalue weighted by Gasteiger charge is 2.34. The molecule has 0 atom stereocenters. The van der Waals surface area contributed by atoms with Gasteiger partial charge in [0.25, 0.3) is 6.43 Å². The second-order valence-electron chi connectivity index (χ2n) is 6.00. The molecule has 5 nitrogen and oxygen atoms in total. The second-order valence-corrected chi connectivity index (χ2v) is 6.00. The van der Waals surface area contributed by atoms with E-state index in [2.05, 4.69) is 5.32 Å². The van der Waals surface area contributed by atoms with E-state index in [9.17, 15) is 26.7 Å². The largest absolute Gasteiger partial charge is 0.488 e. The van der Waals surface area contributed by atoms with Crippen molar-refractivity contribution in [2.24, 2.45) is 5.84 Å². The van der Waals surface area contributed by atoms with Crippen LogP contribution in [0.15, 0.2) is 36.4 Å². The van der Waals surface area contributed by atoms with Gasteiger partial charge in [0.1, 0.15) is 12.4 Å². The normalized spacial score (nSPS) is 11.5. The predicted octanol–water partition coefficient (Wildman–Crippen LogP) is 4.87. The van der Waals surface area contributed by atoms with Gasteiger partial charge in [0.15, 0.2) is 0 Å². The molecule has 0 unspecified atom stereocenters. The van der Waals surface area contributed by atoms with Crippen molar-refractivity contribution >= 4 is 11.7 Å². The van der Waals surface area contributed by atoms with Gasteiger partial charge in [-0.15, -0.1) is 0 Å². The van der Waals surface area contributed by atoms with Crippen molar-refractivity contribution in [3.63, 3.8) is 0 Å². The minimum Gasteiger partial charge on any atom is -0.488 e. The smallest absolute Gasteiger partial charge is 0.419 e. The van der Waals surface area contributed by atoms with Crippen LogP contribution in [0.3, 0.4) is 0 Å². The summed E-state index contributed by atoms with van der Waals surface area (Å²) in [6.45, 7) is 0.874. The highest BCUT2D eigenvalue weighted by Crippen LogP contribution is 2.38. The lowest BCUT2D eigenvalue weighted by Crippen LogP contribution is -2.37. The number of hydrogen-bond donors (Lipinski definition) is 2. The fourth-order valence-corrected chi connectivity index (χ4v) is 2.43. The average molecular weight is 403 g/mol. The first-order chi connectivity index (χ1) is 13.0. The van der Waals surface area contributed by atoms with Gasteiger partial charge in [-0.25, -0.2) is 19.4 Å². The van der Waals surface area contributed by atoms with Crippen LogP contribution in [0.2, 0.25) is 0 Å². The molecule has 152 valence electrons. The van der Waals surface area contributed by atoms with Gasteiger partial charge in [-0.2, -0.15) is 13.2 Å². The number of hydrogen-bond acceptors (Lipinski definition) is 3. The summed E-state index contributed by atoms with van der Waals surface area (Å²) in [6, 6.07) is 6.35. The zero-order valence-electron chi connectivity index (χ0n) is 15.0. The minimum absolute atomic E-state index is 0.0410. The Balaban J connectivity index is 2.40. The molecule has 0 bridgehead atoms.